The van der Waals surface area contributed by atoms with Crippen molar-refractivity contribution >= 4 is 28.8 Å². The van der Waals surface area contributed by atoms with E-state index in [9.17, 15) is 29.2 Å². The van der Waals surface area contributed by atoms with Crippen molar-refractivity contribution in [1.29, 1.82) is 0 Å². The summed E-state index contributed by atoms with van der Waals surface area (Å²) >= 11 is 0. The highest BCUT2D eigenvalue weighted by Gasteiger charge is 2.47. The minimum atomic E-state index is -1.14. The fraction of sp³-hybridized carbons (Fsp3) is 0.0833. The predicted octanol–water partition coefficient (Wildman–Crippen LogP) is 4.67. The zero-order chi connectivity index (χ0) is 23.0. The van der Waals surface area contributed by atoms with Gasteiger partial charge in [0.15, 0.2) is 0 Å². The van der Waals surface area contributed by atoms with E-state index in [2.05, 4.69) is 0 Å². The van der Waals surface area contributed by atoms with E-state index in [4.69, 9.17) is 0 Å². The highest BCUT2D eigenvalue weighted by atomic mass is 19.1. The molecule has 3 aromatic rings. The molecule has 1 atom stereocenters. The maximum absolute atomic E-state index is 13.5. The Labute approximate surface area is 182 Å². The molecule has 0 aliphatic carbocycles. The van der Waals surface area contributed by atoms with Gasteiger partial charge in [-0.1, -0.05) is 42.0 Å². The number of benzene rings is 3. The van der Waals surface area contributed by atoms with E-state index in [-0.39, 0.29) is 22.5 Å². The largest absolute Gasteiger partial charge is 0.507 e. The third-order valence-corrected chi connectivity index (χ3v) is 5.27. The van der Waals surface area contributed by atoms with Gasteiger partial charge in [0.25, 0.3) is 17.4 Å². The zero-order valence-corrected chi connectivity index (χ0v) is 16.9. The summed E-state index contributed by atoms with van der Waals surface area (Å²) in [6.07, 6.45) is 0. The van der Waals surface area contributed by atoms with Gasteiger partial charge in [-0.2, -0.15) is 0 Å². The molecule has 7 nitrogen and oxygen atoms in total. The summed E-state index contributed by atoms with van der Waals surface area (Å²) in [6, 6.07) is 16.0. The molecule has 0 saturated carbocycles. The van der Waals surface area contributed by atoms with Crippen LogP contribution in [0.2, 0.25) is 0 Å². The van der Waals surface area contributed by atoms with E-state index in [1.165, 1.54) is 36.4 Å². The lowest BCUT2D eigenvalue weighted by Crippen LogP contribution is -2.29. The van der Waals surface area contributed by atoms with Crippen LogP contribution in [0.1, 0.15) is 22.7 Å². The van der Waals surface area contributed by atoms with Crippen LogP contribution in [0.4, 0.5) is 15.8 Å². The molecule has 4 rings (SSSR count). The van der Waals surface area contributed by atoms with Crippen molar-refractivity contribution in [3.05, 3.63) is 111 Å². The van der Waals surface area contributed by atoms with E-state index in [1.807, 2.05) is 6.92 Å². The molecule has 1 amide bonds. The van der Waals surface area contributed by atoms with Crippen LogP contribution < -0.4 is 4.90 Å². The van der Waals surface area contributed by atoms with E-state index < -0.39 is 34.2 Å². The maximum Gasteiger partial charge on any atom is 0.300 e. The summed E-state index contributed by atoms with van der Waals surface area (Å²) in [7, 11) is 0. The van der Waals surface area contributed by atoms with Crippen LogP contribution in [0.3, 0.4) is 0 Å². The molecule has 1 fully saturated rings. The number of aliphatic hydroxyl groups excluding tert-OH is 1. The smallest absolute Gasteiger partial charge is 0.300 e. The molecule has 0 unspecified atom stereocenters. The van der Waals surface area contributed by atoms with Gasteiger partial charge in [0, 0.05) is 23.4 Å². The Morgan fingerprint density at radius 2 is 1.69 bits per heavy atom. The van der Waals surface area contributed by atoms with Gasteiger partial charge in [-0.05, 0) is 36.8 Å². The first-order valence-corrected chi connectivity index (χ1v) is 9.66. The number of aryl methyl sites for hydroxylation is 1. The SMILES string of the molecule is Cc1ccc(C(O)=C2C(=O)C(=O)N(c3ccc(F)cc3)[C@H]2c2cccc([N+](=O)[O-])c2)cc1. The number of aliphatic hydroxyl groups is 1. The number of hydrogen-bond acceptors (Lipinski definition) is 5. The normalized spacial score (nSPS) is 17.6. The van der Waals surface area contributed by atoms with E-state index >= 15 is 0 Å². The Hall–Kier alpha value is -4.33. The highest BCUT2D eigenvalue weighted by Crippen LogP contribution is 2.42. The average molecular weight is 432 g/mol. The number of carbonyl (C=O) groups is 2. The number of anilines is 1. The first-order chi connectivity index (χ1) is 15.3. The second kappa shape index (κ2) is 8.07. The van der Waals surface area contributed by atoms with Crippen molar-refractivity contribution in [3.63, 3.8) is 0 Å². The molecule has 0 bridgehead atoms. The lowest BCUT2D eigenvalue weighted by Gasteiger charge is -2.25. The Morgan fingerprint density at radius 3 is 2.31 bits per heavy atom. The molecule has 0 aromatic heterocycles. The van der Waals surface area contributed by atoms with Gasteiger partial charge in [0.1, 0.15) is 11.6 Å². The van der Waals surface area contributed by atoms with Crippen molar-refractivity contribution in [2.24, 2.45) is 0 Å². The summed E-state index contributed by atoms with van der Waals surface area (Å²) < 4.78 is 13.5. The Bertz CT molecular complexity index is 1270. The number of Topliss-reactive ketones (excluding diaryl/α,β-unsaturated/α-hetero) is 1. The predicted molar refractivity (Wildman–Crippen MR) is 115 cm³/mol. The number of carbonyl (C=O) groups excluding carboxylic acids is 2. The lowest BCUT2D eigenvalue weighted by atomic mass is 9.94. The summed E-state index contributed by atoms with van der Waals surface area (Å²) in [4.78, 5) is 37.9. The lowest BCUT2D eigenvalue weighted by molar-refractivity contribution is -0.384. The van der Waals surface area contributed by atoms with Gasteiger partial charge in [-0.25, -0.2) is 4.39 Å². The second-order valence-corrected chi connectivity index (χ2v) is 7.36. The van der Waals surface area contributed by atoms with Crippen LogP contribution in [-0.2, 0) is 9.59 Å². The Balaban J connectivity index is 1.96. The quantitative estimate of drug-likeness (QED) is 0.212. The van der Waals surface area contributed by atoms with Crippen LogP contribution >= 0.6 is 0 Å². The molecule has 1 saturated heterocycles. The van der Waals surface area contributed by atoms with Crippen molar-refractivity contribution in [1.82, 2.24) is 0 Å². The summed E-state index contributed by atoms with van der Waals surface area (Å²) in [6.45, 7) is 1.86. The number of ketones is 1. The van der Waals surface area contributed by atoms with Crippen molar-refractivity contribution < 1.29 is 24.0 Å². The standard InChI is InChI=1S/C24H17FN2O5/c1-14-5-7-15(8-6-14)22(28)20-21(16-3-2-4-19(13-16)27(31)32)26(24(30)23(20)29)18-11-9-17(25)10-12-18/h2-13,21,28H,1H3/t21-/m0/s1. The minimum absolute atomic E-state index is 0.205. The van der Waals surface area contributed by atoms with Gasteiger partial charge in [-0.15, -0.1) is 0 Å². The molecule has 3 aromatic carbocycles. The summed E-state index contributed by atoms with van der Waals surface area (Å²) in [5.41, 5.74) is 1.29. The van der Waals surface area contributed by atoms with Gasteiger partial charge < -0.3 is 5.11 Å². The number of nitro groups is 1. The monoisotopic (exact) mass is 432 g/mol. The minimum Gasteiger partial charge on any atom is -0.507 e. The van der Waals surface area contributed by atoms with E-state index in [0.29, 0.717) is 5.56 Å². The van der Waals surface area contributed by atoms with E-state index in [1.54, 1.807) is 24.3 Å². The zero-order valence-electron chi connectivity index (χ0n) is 16.9. The molecule has 1 heterocycles. The average Bonchev–Trinajstić information content (AvgIpc) is 3.05. The molecule has 0 radical (unpaired) electrons. The van der Waals surface area contributed by atoms with E-state index in [0.717, 1.165) is 22.6 Å². The first-order valence-electron chi connectivity index (χ1n) is 9.66. The van der Waals surface area contributed by atoms with Crippen LogP contribution in [0.5, 0.6) is 0 Å². The van der Waals surface area contributed by atoms with Crippen molar-refractivity contribution in [3.8, 4) is 0 Å². The molecule has 8 heteroatoms. The van der Waals surface area contributed by atoms with Gasteiger partial charge >= 0.3 is 0 Å². The molecule has 1 N–H and O–H groups in total. The number of nitro benzene ring substituents is 1. The number of halogens is 1. The van der Waals surface area contributed by atoms with Gasteiger partial charge in [0.05, 0.1) is 16.5 Å². The van der Waals surface area contributed by atoms with Crippen LogP contribution in [0.25, 0.3) is 5.76 Å². The molecule has 1 aliphatic heterocycles. The number of amides is 1. The maximum atomic E-state index is 13.5. The Kier molecular flexibility index (Phi) is 5.28. The van der Waals surface area contributed by atoms with Crippen LogP contribution in [-0.4, -0.2) is 21.7 Å². The molecular weight excluding hydrogens is 415 g/mol. The molecular formula is C24H17FN2O5. The summed E-state index contributed by atoms with van der Waals surface area (Å²) in [5, 5.41) is 22.3. The fourth-order valence-corrected chi connectivity index (χ4v) is 3.69. The van der Waals surface area contributed by atoms with Gasteiger partial charge in [-0.3, -0.25) is 24.6 Å². The topological polar surface area (TPSA) is 101 Å². The molecule has 0 spiro atoms. The van der Waals surface area contributed by atoms with Crippen LogP contribution in [0, 0.1) is 22.9 Å². The van der Waals surface area contributed by atoms with Gasteiger partial charge in [0.2, 0.25) is 0 Å². The van der Waals surface area contributed by atoms with Crippen molar-refractivity contribution in [2.75, 3.05) is 4.90 Å². The Morgan fingerprint density at radius 1 is 1.03 bits per heavy atom. The number of hydrogen-bond donors (Lipinski definition) is 1. The number of rotatable bonds is 4. The highest BCUT2D eigenvalue weighted by molar-refractivity contribution is 6.51. The molecule has 1 aliphatic rings. The first kappa shape index (κ1) is 20.9. The third-order valence-electron chi connectivity index (χ3n) is 5.27. The molecule has 32 heavy (non-hydrogen) atoms. The van der Waals surface area contributed by atoms with Crippen LogP contribution in [0.15, 0.2) is 78.4 Å². The third kappa shape index (κ3) is 3.62. The number of non-ortho nitro benzene ring substituents is 1. The number of nitrogens with zero attached hydrogens (tertiary/aromatic N) is 2. The van der Waals surface area contributed by atoms with Crippen molar-refractivity contribution in [2.45, 2.75) is 13.0 Å². The fourth-order valence-electron chi connectivity index (χ4n) is 3.69. The molecule has 160 valence electrons. The second-order valence-electron chi connectivity index (χ2n) is 7.36. The summed E-state index contributed by atoms with van der Waals surface area (Å²) in [5.74, 6) is -2.80.